The summed E-state index contributed by atoms with van der Waals surface area (Å²) in [5, 5.41) is 7.09. The number of hydrogen-bond donors (Lipinski definition) is 1. The van der Waals surface area contributed by atoms with Gasteiger partial charge in [-0.1, -0.05) is 30.3 Å². The van der Waals surface area contributed by atoms with Gasteiger partial charge in [0.05, 0.1) is 36.7 Å². The lowest BCUT2D eigenvalue weighted by Crippen LogP contribution is -2.13. The van der Waals surface area contributed by atoms with E-state index in [-0.39, 0.29) is 11.9 Å². The summed E-state index contributed by atoms with van der Waals surface area (Å²) in [7, 11) is 1.35. The Morgan fingerprint density at radius 3 is 2.54 bits per heavy atom. The molecule has 132 valence electrons. The molecule has 1 aromatic heterocycles. The SMILES string of the molecule is COC(=O)c1ccccc1Cn1cc(NC(=O)c2ccccc2I)cn1. The van der Waals surface area contributed by atoms with E-state index in [1.807, 2.05) is 30.3 Å². The highest BCUT2D eigenvalue weighted by atomic mass is 127. The van der Waals surface area contributed by atoms with E-state index in [4.69, 9.17) is 4.74 Å². The fourth-order valence-electron chi connectivity index (χ4n) is 2.50. The molecule has 0 spiro atoms. The van der Waals surface area contributed by atoms with Crippen LogP contribution in [0.2, 0.25) is 0 Å². The number of anilines is 1. The van der Waals surface area contributed by atoms with Gasteiger partial charge >= 0.3 is 5.97 Å². The van der Waals surface area contributed by atoms with E-state index in [2.05, 4.69) is 33.0 Å². The average Bonchev–Trinajstić information content (AvgIpc) is 3.08. The predicted octanol–water partition coefficient (Wildman–Crippen LogP) is 3.57. The Kier molecular flexibility index (Phi) is 5.67. The van der Waals surface area contributed by atoms with Crippen molar-refractivity contribution in [1.82, 2.24) is 9.78 Å². The fraction of sp³-hybridized carbons (Fsp3) is 0.105. The number of halogens is 1. The normalized spacial score (nSPS) is 10.4. The second kappa shape index (κ2) is 8.13. The third-order valence-corrected chi connectivity index (χ3v) is 4.71. The molecule has 1 N–H and O–H groups in total. The standard InChI is InChI=1S/C19H16IN3O3/c1-26-19(25)15-7-3-2-6-13(15)11-23-12-14(10-21-23)22-18(24)16-8-4-5-9-17(16)20/h2-10,12H,11H2,1H3,(H,22,24). The molecule has 2 aromatic carbocycles. The Bertz CT molecular complexity index is 952. The molecule has 0 radical (unpaired) electrons. The van der Waals surface area contributed by atoms with Crippen molar-refractivity contribution in [3.63, 3.8) is 0 Å². The zero-order chi connectivity index (χ0) is 18.5. The van der Waals surface area contributed by atoms with Crippen molar-refractivity contribution in [3.8, 4) is 0 Å². The zero-order valence-electron chi connectivity index (χ0n) is 14.0. The number of ether oxygens (including phenoxy) is 1. The summed E-state index contributed by atoms with van der Waals surface area (Å²) in [4.78, 5) is 24.2. The van der Waals surface area contributed by atoms with Crippen molar-refractivity contribution >= 4 is 40.2 Å². The minimum absolute atomic E-state index is 0.190. The van der Waals surface area contributed by atoms with Crippen molar-refractivity contribution in [2.24, 2.45) is 0 Å². The topological polar surface area (TPSA) is 73.2 Å². The molecule has 26 heavy (non-hydrogen) atoms. The minimum Gasteiger partial charge on any atom is -0.465 e. The lowest BCUT2D eigenvalue weighted by Gasteiger charge is -2.08. The number of nitrogens with zero attached hydrogens (tertiary/aromatic N) is 2. The average molecular weight is 461 g/mol. The maximum atomic E-state index is 12.4. The molecule has 0 fully saturated rings. The van der Waals surface area contributed by atoms with Gasteiger partial charge in [0.25, 0.3) is 5.91 Å². The number of aromatic nitrogens is 2. The molecule has 0 saturated heterocycles. The fourth-order valence-corrected chi connectivity index (χ4v) is 3.13. The van der Waals surface area contributed by atoms with E-state index in [1.54, 1.807) is 35.3 Å². The Hall–Kier alpha value is -2.68. The molecule has 3 aromatic rings. The van der Waals surface area contributed by atoms with Crippen molar-refractivity contribution in [2.45, 2.75) is 6.54 Å². The Labute approximate surface area is 164 Å². The summed E-state index contributed by atoms with van der Waals surface area (Å²) in [6, 6.07) is 14.6. The van der Waals surface area contributed by atoms with Gasteiger partial charge in [-0.05, 0) is 46.4 Å². The van der Waals surface area contributed by atoms with Crippen LogP contribution in [0.4, 0.5) is 5.69 Å². The lowest BCUT2D eigenvalue weighted by atomic mass is 10.1. The molecule has 6 nitrogen and oxygen atoms in total. The maximum absolute atomic E-state index is 12.4. The number of rotatable bonds is 5. The third kappa shape index (κ3) is 4.10. The van der Waals surface area contributed by atoms with Crippen molar-refractivity contribution in [1.29, 1.82) is 0 Å². The van der Waals surface area contributed by atoms with Crippen LogP contribution < -0.4 is 5.32 Å². The monoisotopic (exact) mass is 461 g/mol. The maximum Gasteiger partial charge on any atom is 0.338 e. The van der Waals surface area contributed by atoms with Gasteiger partial charge in [-0.15, -0.1) is 0 Å². The van der Waals surface area contributed by atoms with Gasteiger partial charge in [-0.3, -0.25) is 9.48 Å². The molecule has 0 bridgehead atoms. The molecule has 1 heterocycles. The number of benzene rings is 2. The van der Waals surface area contributed by atoms with E-state index >= 15 is 0 Å². The van der Waals surface area contributed by atoms with Gasteiger partial charge in [0.15, 0.2) is 0 Å². The number of methoxy groups -OCH3 is 1. The first kappa shape index (κ1) is 18.1. The van der Waals surface area contributed by atoms with Crippen molar-refractivity contribution in [3.05, 3.63) is 81.2 Å². The van der Waals surface area contributed by atoms with Crippen LogP contribution in [0.3, 0.4) is 0 Å². The second-order valence-electron chi connectivity index (χ2n) is 5.51. The molecule has 1 amide bonds. The summed E-state index contributed by atoms with van der Waals surface area (Å²) in [6.07, 6.45) is 3.30. The Morgan fingerprint density at radius 2 is 1.81 bits per heavy atom. The highest BCUT2D eigenvalue weighted by molar-refractivity contribution is 14.1. The molecule has 0 unspecified atom stereocenters. The van der Waals surface area contributed by atoms with E-state index in [0.29, 0.717) is 23.4 Å². The van der Waals surface area contributed by atoms with E-state index < -0.39 is 0 Å². The summed E-state index contributed by atoms with van der Waals surface area (Å²) < 4.78 is 7.34. The van der Waals surface area contributed by atoms with E-state index in [0.717, 1.165) is 9.13 Å². The molecular weight excluding hydrogens is 445 g/mol. The molecule has 3 rings (SSSR count). The Morgan fingerprint density at radius 1 is 1.12 bits per heavy atom. The van der Waals surface area contributed by atoms with Gasteiger partial charge in [0.2, 0.25) is 0 Å². The first-order chi connectivity index (χ1) is 12.6. The van der Waals surface area contributed by atoms with Gasteiger partial charge in [-0.2, -0.15) is 5.10 Å². The highest BCUT2D eigenvalue weighted by Crippen LogP contribution is 2.16. The van der Waals surface area contributed by atoms with Crippen LogP contribution in [-0.4, -0.2) is 28.8 Å². The minimum atomic E-state index is -0.389. The van der Waals surface area contributed by atoms with E-state index in [9.17, 15) is 9.59 Å². The summed E-state index contributed by atoms with van der Waals surface area (Å²) in [6.45, 7) is 0.393. The third-order valence-electron chi connectivity index (χ3n) is 3.76. The first-order valence-corrected chi connectivity index (χ1v) is 8.91. The summed E-state index contributed by atoms with van der Waals surface area (Å²) in [5.74, 6) is -0.579. The van der Waals surface area contributed by atoms with Gasteiger partial charge in [0.1, 0.15) is 0 Å². The van der Waals surface area contributed by atoms with Crippen LogP contribution in [0.25, 0.3) is 0 Å². The molecule has 7 heteroatoms. The van der Waals surface area contributed by atoms with Crippen molar-refractivity contribution < 1.29 is 14.3 Å². The molecule has 0 aliphatic rings. The van der Waals surface area contributed by atoms with Gasteiger partial charge < -0.3 is 10.1 Å². The second-order valence-corrected chi connectivity index (χ2v) is 6.67. The molecule has 0 aliphatic carbocycles. The van der Waals surface area contributed by atoms with Crippen molar-refractivity contribution in [2.75, 3.05) is 12.4 Å². The van der Waals surface area contributed by atoms with Crippen LogP contribution in [0.1, 0.15) is 26.3 Å². The molecule has 0 atom stereocenters. The first-order valence-electron chi connectivity index (χ1n) is 7.83. The van der Waals surface area contributed by atoms with Crippen LogP contribution in [0, 0.1) is 3.57 Å². The molecular formula is C19H16IN3O3. The largest absolute Gasteiger partial charge is 0.465 e. The number of esters is 1. The van der Waals surface area contributed by atoms with Gasteiger partial charge in [-0.25, -0.2) is 4.79 Å². The highest BCUT2D eigenvalue weighted by Gasteiger charge is 2.13. The summed E-state index contributed by atoms with van der Waals surface area (Å²) >= 11 is 2.13. The number of carbonyl (C=O) groups is 2. The number of hydrogen-bond acceptors (Lipinski definition) is 4. The van der Waals surface area contributed by atoms with Crippen LogP contribution in [0.5, 0.6) is 0 Å². The quantitative estimate of drug-likeness (QED) is 0.466. The van der Waals surface area contributed by atoms with Crippen LogP contribution in [-0.2, 0) is 11.3 Å². The predicted molar refractivity (Wildman–Crippen MR) is 106 cm³/mol. The molecule has 0 saturated carbocycles. The van der Waals surface area contributed by atoms with Crippen LogP contribution in [0.15, 0.2) is 60.9 Å². The number of nitrogens with one attached hydrogen (secondary N) is 1. The smallest absolute Gasteiger partial charge is 0.338 e. The van der Waals surface area contributed by atoms with Gasteiger partial charge in [0, 0.05) is 9.77 Å². The van der Waals surface area contributed by atoms with Crippen LogP contribution >= 0.6 is 22.6 Å². The molecule has 0 aliphatic heterocycles. The Balaban J connectivity index is 1.74. The summed E-state index contributed by atoms with van der Waals surface area (Å²) in [5.41, 5.74) is 2.48. The van der Waals surface area contributed by atoms with E-state index in [1.165, 1.54) is 7.11 Å². The lowest BCUT2D eigenvalue weighted by molar-refractivity contribution is 0.0599. The number of carbonyl (C=O) groups excluding carboxylic acids is 2. The zero-order valence-corrected chi connectivity index (χ0v) is 16.1. The number of amides is 1.